The molecule has 21 heavy (non-hydrogen) atoms. The van der Waals surface area contributed by atoms with E-state index in [9.17, 15) is 8.78 Å². The topological polar surface area (TPSA) is 0 Å². The fourth-order valence-electron chi connectivity index (χ4n) is 2.21. The molecular weight excluding hydrogens is 290 g/mol. The van der Waals surface area contributed by atoms with Gasteiger partial charge in [-0.05, 0) is 34.6 Å². The van der Waals surface area contributed by atoms with Crippen LogP contribution >= 0.6 is 11.6 Å². The number of alkyl halides is 1. The van der Waals surface area contributed by atoms with Crippen LogP contribution in [-0.2, 0) is 11.8 Å². The lowest BCUT2D eigenvalue weighted by molar-refractivity contribution is 0.498. The summed E-state index contributed by atoms with van der Waals surface area (Å²) in [7, 11) is 0. The van der Waals surface area contributed by atoms with Gasteiger partial charge in [-0.3, -0.25) is 0 Å². The van der Waals surface area contributed by atoms with Crippen molar-refractivity contribution >= 4 is 11.6 Å². The van der Waals surface area contributed by atoms with E-state index in [1.165, 1.54) is 11.6 Å². The maximum absolute atomic E-state index is 13.7. The standard InChI is InChI=1S/C18H19ClF2/c1-18(2,3)14-9-7-12(8-10-14)15(19)11-13-5-4-6-16(20)17(13)21/h4-10,15H,11H2,1-3H3. The van der Waals surface area contributed by atoms with Gasteiger partial charge < -0.3 is 0 Å². The van der Waals surface area contributed by atoms with E-state index in [1.54, 1.807) is 6.07 Å². The third kappa shape index (κ3) is 3.82. The Labute approximate surface area is 129 Å². The van der Waals surface area contributed by atoms with Gasteiger partial charge >= 0.3 is 0 Å². The highest BCUT2D eigenvalue weighted by Crippen LogP contribution is 2.29. The maximum atomic E-state index is 13.7. The highest BCUT2D eigenvalue weighted by Gasteiger charge is 2.16. The third-order valence-corrected chi connectivity index (χ3v) is 3.98. The van der Waals surface area contributed by atoms with Crippen LogP contribution in [0.3, 0.4) is 0 Å². The summed E-state index contributed by atoms with van der Waals surface area (Å²) in [6, 6.07) is 12.2. The number of hydrogen-bond donors (Lipinski definition) is 0. The lowest BCUT2D eigenvalue weighted by Gasteiger charge is -2.20. The van der Waals surface area contributed by atoms with Crippen LogP contribution in [0.1, 0.15) is 42.8 Å². The largest absolute Gasteiger partial charge is 0.204 e. The molecule has 0 aliphatic heterocycles. The molecule has 0 N–H and O–H groups in total. The quantitative estimate of drug-likeness (QED) is 0.630. The molecule has 0 bridgehead atoms. The van der Waals surface area contributed by atoms with Gasteiger partial charge in [0.15, 0.2) is 11.6 Å². The summed E-state index contributed by atoms with van der Waals surface area (Å²) < 4.78 is 26.9. The number of rotatable bonds is 3. The Hall–Kier alpha value is -1.41. The Bertz CT molecular complexity index is 612. The molecule has 3 heteroatoms. The molecule has 0 aliphatic carbocycles. The molecule has 2 aromatic rings. The molecule has 0 amide bonds. The van der Waals surface area contributed by atoms with Crippen molar-refractivity contribution in [2.45, 2.75) is 38.0 Å². The van der Waals surface area contributed by atoms with Gasteiger partial charge in [-0.25, -0.2) is 8.78 Å². The maximum Gasteiger partial charge on any atom is 0.162 e. The van der Waals surface area contributed by atoms with Crippen LogP contribution in [0, 0.1) is 11.6 Å². The van der Waals surface area contributed by atoms with Crippen molar-refractivity contribution in [3.63, 3.8) is 0 Å². The molecule has 1 atom stereocenters. The lowest BCUT2D eigenvalue weighted by Crippen LogP contribution is -2.11. The third-order valence-electron chi connectivity index (χ3n) is 3.57. The van der Waals surface area contributed by atoms with Gasteiger partial charge in [0, 0.05) is 0 Å². The Kier molecular flexibility index (Phi) is 4.67. The fraction of sp³-hybridized carbons (Fsp3) is 0.333. The molecule has 0 nitrogen and oxygen atoms in total. The summed E-state index contributed by atoms with van der Waals surface area (Å²) in [5.41, 5.74) is 2.50. The van der Waals surface area contributed by atoms with Crippen LogP contribution in [0.5, 0.6) is 0 Å². The van der Waals surface area contributed by atoms with Crippen LogP contribution in [0.15, 0.2) is 42.5 Å². The highest BCUT2D eigenvalue weighted by atomic mass is 35.5. The van der Waals surface area contributed by atoms with Crippen LogP contribution in [0.25, 0.3) is 0 Å². The monoisotopic (exact) mass is 308 g/mol. The van der Waals surface area contributed by atoms with Gasteiger partial charge in [-0.2, -0.15) is 0 Å². The first-order valence-electron chi connectivity index (χ1n) is 6.96. The smallest absolute Gasteiger partial charge is 0.162 e. The molecule has 0 spiro atoms. The van der Waals surface area contributed by atoms with Gasteiger partial charge in [-0.15, -0.1) is 11.6 Å². The molecule has 2 aromatic carbocycles. The van der Waals surface area contributed by atoms with Crippen molar-refractivity contribution in [1.29, 1.82) is 0 Å². The van der Waals surface area contributed by atoms with E-state index in [1.807, 2.05) is 24.3 Å². The second-order valence-electron chi connectivity index (χ2n) is 6.26. The molecule has 0 saturated heterocycles. The number of benzene rings is 2. The van der Waals surface area contributed by atoms with E-state index in [4.69, 9.17) is 11.6 Å². The molecule has 1 unspecified atom stereocenters. The van der Waals surface area contributed by atoms with Crippen molar-refractivity contribution < 1.29 is 8.78 Å². The second kappa shape index (κ2) is 6.15. The van der Waals surface area contributed by atoms with E-state index in [0.29, 0.717) is 5.56 Å². The molecule has 0 saturated carbocycles. The van der Waals surface area contributed by atoms with Gasteiger partial charge in [0.2, 0.25) is 0 Å². The molecule has 2 rings (SSSR count). The summed E-state index contributed by atoms with van der Waals surface area (Å²) in [5, 5.41) is -0.379. The molecular formula is C18H19ClF2. The zero-order valence-electron chi connectivity index (χ0n) is 12.5. The van der Waals surface area contributed by atoms with Crippen molar-refractivity contribution in [3.05, 3.63) is 70.8 Å². The summed E-state index contributed by atoms with van der Waals surface area (Å²) >= 11 is 6.34. The summed E-state index contributed by atoms with van der Waals surface area (Å²) in [5.74, 6) is -1.64. The molecule has 112 valence electrons. The minimum absolute atomic E-state index is 0.0784. The molecule has 0 fully saturated rings. The van der Waals surface area contributed by atoms with Crippen LogP contribution in [0.4, 0.5) is 8.78 Å². The number of halogens is 3. The number of hydrogen-bond acceptors (Lipinski definition) is 0. The summed E-state index contributed by atoms with van der Waals surface area (Å²) in [6.45, 7) is 6.42. The fourth-order valence-corrected chi connectivity index (χ4v) is 2.52. The van der Waals surface area contributed by atoms with Gasteiger partial charge in [0.25, 0.3) is 0 Å². The predicted octanol–water partition coefficient (Wildman–Crippen LogP) is 5.78. The van der Waals surface area contributed by atoms with Gasteiger partial charge in [0.1, 0.15) is 0 Å². The minimum Gasteiger partial charge on any atom is -0.204 e. The Morgan fingerprint density at radius 1 is 1.00 bits per heavy atom. The summed E-state index contributed by atoms with van der Waals surface area (Å²) in [6.07, 6.45) is 0.264. The van der Waals surface area contributed by atoms with E-state index < -0.39 is 11.6 Å². The van der Waals surface area contributed by atoms with Crippen LogP contribution in [-0.4, -0.2) is 0 Å². The van der Waals surface area contributed by atoms with E-state index in [-0.39, 0.29) is 17.2 Å². The van der Waals surface area contributed by atoms with Gasteiger partial charge in [-0.1, -0.05) is 57.2 Å². The Morgan fingerprint density at radius 3 is 2.19 bits per heavy atom. The predicted molar refractivity (Wildman–Crippen MR) is 83.8 cm³/mol. The summed E-state index contributed by atoms with van der Waals surface area (Å²) in [4.78, 5) is 0. The van der Waals surface area contributed by atoms with Gasteiger partial charge in [0.05, 0.1) is 5.38 Å². The van der Waals surface area contributed by atoms with Crippen LogP contribution < -0.4 is 0 Å². The lowest BCUT2D eigenvalue weighted by atomic mass is 9.86. The van der Waals surface area contributed by atoms with E-state index >= 15 is 0 Å². The average Bonchev–Trinajstić information content (AvgIpc) is 2.43. The first-order chi connectivity index (χ1) is 9.79. The Balaban J connectivity index is 2.17. The van der Waals surface area contributed by atoms with Crippen molar-refractivity contribution in [3.8, 4) is 0 Å². The zero-order chi connectivity index (χ0) is 15.6. The Morgan fingerprint density at radius 2 is 1.62 bits per heavy atom. The SMILES string of the molecule is CC(C)(C)c1ccc(C(Cl)Cc2cccc(F)c2F)cc1. The van der Waals surface area contributed by atoms with E-state index in [2.05, 4.69) is 20.8 Å². The first-order valence-corrected chi connectivity index (χ1v) is 7.40. The van der Waals surface area contributed by atoms with Crippen molar-refractivity contribution in [1.82, 2.24) is 0 Å². The minimum atomic E-state index is -0.834. The normalized spacial score (nSPS) is 13.2. The van der Waals surface area contributed by atoms with E-state index in [0.717, 1.165) is 11.6 Å². The average molecular weight is 309 g/mol. The van der Waals surface area contributed by atoms with Crippen LogP contribution in [0.2, 0.25) is 0 Å². The molecule has 0 aromatic heterocycles. The molecule has 0 heterocycles. The first kappa shape index (κ1) is 16.0. The molecule has 0 aliphatic rings. The van der Waals surface area contributed by atoms with Crippen molar-refractivity contribution in [2.24, 2.45) is 0 Å². The second-order valence-corrected chi connectivity index (χ2v) is 6.78. The van der Waals surface area contributed by atoms with Crippen molar-refractivity contribution in [2.75, 3.05) is 0 Å². The highest BCUT2D eigenvalue weighted by molar-refractivity contribution is 6.20. The zero-order valence-corrected chi connectivity index (χ0v) is 13.2. The molecule has 0 radical (unpaired) electrons.